The second kappa shape index (κ2) is 6.51. The normalized spacial score (nSPS) is 30.6. The van der Waals surface area contributed by atoms with Crippen molar-refractivity contribution < 1.29 is 0 Å². The summed E-state index contributed by atoms with van der Waals surface area (Å²) < 4.78 is 0. The van der Waals surface area contributed by atoms with Crippen LogP contribution in [0.25, 0.3) is 0 Å². The summed E-state index contributed by atoms with van der Waals surface area (Å²) in [5.41, 5.74) is 4.78. The molecule has 5 heteroatoms. The molecule has 1 aromatic rings. The lowest BCUT2D eigenvalue weighted by molar-refractivity contribution is 0.416. The van der Waals surface area contributed by atoms with Gasteiger partial charge in [0.2, 0.25) is 0 Å². The summed E-state index contributed by atoms with van der Waals surface area (Å²) in [6.45, 7) is 7.11. The summed E-state index contributed by atoms with van der Waals surface area (Å²) >= 11 is 0. The molecule has 4 aliphatic rings. The van der Waals surface area contributed by atoms with Crippen LogP contribution in [0.15, 0.2) is 0 Å². The van der Waals surface area contributed by atoms with Gasteiger partial charge in [-0.25, -0.2) is 4.98 Å². The molecule has 138 valence electrons. The number of hydrogen-bond acceptors (Lipinski definition) is 5. The third kappa shape index (κ3) is 2.80. The van der Waals surface area contributed by atoms with Crippen LogP contribution >= 0.6 is 0 Å². The quantitative estimate of drug-likeness (QED) is 0.871. The van der Waals surface area contributed by atoms with Crippen LogP contribution in [0.5, 0.6) is 0 Å². The maximum absolute atomic E-state index is 9.98. The highest BCUT2D eigenvalue weighted by atomic mass is 15.3. The zero-order valence-electron chi connectivity index (χ0n) is 15.7. The molecule has 0 amide bonds. The second-order valence-corrected chi connectivity index (χ2v) is 8.55. The molecule has 0 spiro atoms. The largest absolute Gasteiger partial charge is 0.353 e. The van der Waals surface area contributed by atoms with E-state index in [0.29, 0.717) is 12.0 Å². The SMILES string of the molecule is CCC1CC1c1nc(N2CCNC(C3CC3)C2)c(C#N)c2c1CNCC2. The van der Waals surface area contributed by atoms with Gasteiger partial charge in [-0.3, -0.25) is 0 Å². The maximum atomic E-state index is 9.98. The average molecular weight is 351 g/mol. The van der Waals surface area contributed by atoms with Crippen LogP contribution in [-0.4, -0.2) is 37.2 Å². The Balaban J connectivity index is 1.55. The zero-order valence-corrected chi connectivity index (χ0v) is 15.7. The van der Waals surface area contributed by atoms with E-state index in [9.17, 15) is 5.26 Å². The van der Waals surface area contributed by atoms with Crippen molar-refractivity contribution >= 4 is 5.82 Å². The first-order chi connectivity index (χ1) is 12.8. The standard InChI is InChI=1S/C21H29N5/c1-2-13-9-16(13)20-18-11-23-6-5-15(18)17(10-22)21(25-20)26-8-7-24-19(12-26)14-3-4-14/h13-14,16,19,23-24H,2-9,11-12H2,1H3. The van der Waals surface area contributed by atoms with Crippen LogP contribution in [0.4, 0.5) is 5.82 Å². The van der Waals surface area contributed by atoms with E-state index in [1.54, 1.807) is 0 Å². The molecule has 3 fully saturated rings. The van der Waals surface area contributed by atoms with Crippen molar-refractivity contribution in [2.45, 2.75) is 57.5 Å². The van der Waals surface area contributed by atoms with Crippen LogP contribution in [0.3, 0.4) is 0 Å². The van der Waals surface area contributed by atoms with E-state index in [0.717, 1.165) is 62.4 Å². The minimum atomic E-state index is 0.572. The molecule has 2 N–H and O–H groups in total. The Hall–Kier alpha value is -1.64. The molecule has 5 rings (SSSR count). The fraction of sp³-hybridized carbons (Fsp3) is 0.714. The first-order valence-electron chi connectivity index (χ1n) is 10.4. The number of anilines is 1. The van der Waals surface area contributed by atoms with Gasteiger partial charge in [0.15, 0.2) is 0 Å². The summed E-state index contributed by atoms with van der Waals surface area (Å²) in [6, 6.07) is 3.11. The fourth-order valence-electron chi connectivity index (χ4n) is 5.05. The van der Waals surface area contributed by atoms with Crippen molar-refractivity contribution in [3.05, 3.63) is 22.4 Å². The lowest BCUT2D eigenvalue weighted by atomic mass is 9.92. The van der Waals surface area contributed by atoms with E-state index < -0.39 is 0 Å². The van der Waals surface area contributed by atoms with Gasteiger partial charge in [0.05, 0.1) is 11.3 Å². The highest BCUT2D eigenvalue weighted by Gasteiger charge is 2.42. The minimum absolute atomic E-state index is 0.572. The number of pyridine rings is 1. The van der Waals surface area contributed by atoms with Crippen molar-refractivity contribution in [3.63, 3.8) is 0 Å². The third-order valence-electron chi connectivity index (χ3n) is 6.88. The van der Waals surface area contributed by atoms with Crippen LogP contribution in [0, 0.1) is 23.2 Å². The predicted octanol–water partition coefficient (Wildman–Crippen LogP) is 2.30. The summed E-state index contributed by atoms with van der Waals surface area (Å²) in [7, 11) is 0. The van der Waals surface area contributed by atoms with Gasteiger partial charge in [0, 0.05) is 38.1 Å². The van der Waals surface area contributed by atoms with Crippen LogP contribution < -0.4 is 15.5 Å². The summed E-state index contributed by atoms with van der Waals surface area (Å²) in [6.07, 6.45) is 6.17. The molecule has 1 saturated heterocycles. The van der Waals surface area contributed by atoms with Crippen molar-refractivity contribution in [1.29, 1.82) is 5.26 Å². The molecule has 3 heterocycles. The van der Waals surface area contributed by atoms with E-state index in [4.69, 9.17) is 4.98 Å². The number of fused-ring (bicyclic) bond motifs is 1. The lowest BCUT2D eigenvalue weighted by Gasteiger charge is -2.36. The summed E-state index contributed by atoms with van der Waals surface area (Å²) in [5, 5.41) is 17.2. The van der Waals surface area contributed by atoms with E-state index in [-0.39, 0.29) is 0 Å². The number of piperazine rings is 1. The first-order valence-corrected chi connectivity index (χ1v) is 10.4. The number of aromatic nitrogens is 1. The molecule has 0 aromatic carbocycles. The van der Waals surface area contributed by atoms with Crippen LogP contribution in [0.2, 0.25) is 0 Å². The number of nitrogens with zero attached hydrogens (tertiary/aromatic N) is 3. The molecule has 26 heavy (non-hydrogen) atoms. The summed E-state index contributed by atoms with van der Waals surface area (Å²) in [5.74, 6) is 3.22. The highest BCUT2D eigenvalue weighted by Crippen LogP contribution is 2.51. The molecule has 3 unspecified atom stereocenters. The molecule has 2 aliphatic carbocycles. The number of rotatable bonds is 4. The molecular weight excluding hydrogens is 322 g/mol. The smallest absolute Gasteiger partial charge is 0.147 e. The zero-order chi connectivity index (χ0) is 17.7. The van der Waals surface area contributed by atoms with Gasteiger partial charge >= 0.3 is 0 Å². The number of hydrogen-bond donors (Lipinski definition) is 2. The summed E-state index contributed by atoms with van der Waals surface area (Å²) in [4.78, 5) is 7.60. The van der Waals surface area contributed by atoms with Crippen LogP contribution in [-0.2, 0) is 13.0 Å². The Morgan fingerprint density at radius 2 is 2.15 bits per heavy atom. The van der Waals surface area contributed by atoms with E-state index >= 15 is 0 Å². The molecule has 0 radical (unpaired) electrons. The Morgan fingerprint density at radius 1 is 1.27 bits per heavy atom. The van der Waals surface area contributed by atoms with Crippen LogP contribution in [0.1, 0.15) is 60.9 Å². The van der Waals surface area contributed by atoms with Gasteiger partial charge in [-0.1, -0.05) is 13.3 Å². The molecular formula is C21H29N5. The molecule has 1 aromatic heterocycles. The highest BCUT2D eigenvalue weighted by molar-refractivity contribution is 5.62. The molecule has 0 bridgehead atoms. The molecule has 2 aliphatic heterocycles. The lowest BCUT2D eigenvalue weighted by Crippen LogP contribution is -2.52. The fourth-order valence-corrected chi connectivity index (χ4v) is 5.05. The Kier molecular flexibility index (Phi) is 4.14. The van der Waals surface area contributed by atoms with Gasteiger partial charge in [-0.2, -0.15) is 5.26 Å². The Morgan fingerprint density at radius 3 is 2.88 bits per heavy atom. The minimum Gasteiger partial charge on any atom is -0.353 e. The van der Waals surface area contributed by atoms with Crippen molar-refractivity contribution in [2.24, 2.45) is 11.8 Å². The van der Waals surface area contributed by atoms with Gasteiger partial charge in [-0.05, 0) is 55.2 Å². The van der Waals surface area contributed by atoms with Gasteiger partial charge in [0.25, 0.3) is 0 Å². The second-order valence-electron chi connectivity index (χ2n) is 8.55. The van der Waals surface area contributed by atoms with Gasteiger partial charge in [-0.15, -0.1) is 0 Å². The predicted molar refractivity (Wildman–Crippen MR) is 102 cm³/mol. The number of nitriles is 1. The topological polar surface area (TPSA) is 64.0 Å². The van der Waals surface area contributed by atoms with E-state index in [1.807, 2.05) is 0 Å². The molecule has 3 atom stereocenters. The Bertz CT molecular complexity index is 748. The average Bonchev–Trinajstić information content (AvgIpc) is 3.60. The van der Waals surface area contributed by atoms with Crippen molar-refractivity contribution in [1.82, 2.24) is 15.6 Å². The molecule has 2 saturated carbocycles. The molecule has 5 nitrogen and oxygen atoms in total. The number of nitrogens with one attached hydrogen (secondary N) is 2. The van der Waals surface area contributed by atoms with Crippen molar-refractivity contribution in [3.8, 4) is 6.07 Å². The van der Waals surface area contributed by atoms with Crippen molar-refractivity contribution in [2.75, 3.05) is 31.1 Å². The van der Waals surface area contributed by atoms with E-state index in [2.05, 4.69) is 28.5 Å². The van der Waals surface area contributed by atoms with E-state index in [1.165, 1.54) is 42.5 Å². The first kappa shape index (κ1) is 16.5. The Labute approximate surface area is 156 Å². The monoisotopic (exact) mass is 351 g/mol. The van der Waals surface area contributed by atoms with Gasteiger partial charge in [0.1, 0.15) is 11.9 Å². The third-order valence-corrected chi connectivity index (χ3v) is 6.88. The van der Waals surface area contributed by atoms with Gasteiger partial charge < -0.3 is 15.5 Å². The maximum Gasteiger partial charge on any atom is 0.147 e.